The molecule has 170 valence electrons. The molecule has 8 heteroatoms. The van der Waals surface area contributed by atoms with Gasteiger partial charge in [0.15, 0.2) is 12.6 Å². The first-order chi connectivity index (χ1) is 13.5. The maximum absolute atomic E-state index is 6.40. The Morgan fingerprint density at radius 3 is 1.50 bits per heavy atom. The van der Waals surface area contributed by atoms with Gasteiger partial charge < -0.3 is 32.2 Å². The highest BCUT2D eigenvalue weighted by atomic mass is 28.4. The Morgan fingerprint density at radius 2 is 1.07 bits per heavy atom. The van der Waals surface area contributed by atoms with Crippen molar-refractivity contribution in [1.82, 2.24) is 0 Å². The van der Waals surface area contributed by atoms with Crippen LogP contribution in [0.1, 0.15) is 67.7 Å². The SMILES string of the molecule is CCOC(CCCC(C)O[Si](CC(OCC)OCC)(OCC)OCC)OCC. The van der Waals surface area contributed by atoms with Crippen LogP contribution in [0.25, 0.3) is 0 Å². The van der Waals surface area contributed by atoms with Crippen LogP contribution in [0.4, 0.5) is 0 Å². The Balaban J connectivity index is 4.86. The molecule has 0 radical (unpaired) electrons. The smallest absolute Gasteiger partial charge is 0.374 e. The van der Waals surface area contributed by atoms with Gasteiger partial charge in [0.05, 0.1) is 6.04 Å². The maximum Gasteiger partial charge on any atom is 0.506 e. The summed E-state index contributed by atoms with van der Waals surface area (Å²) < 4.78 is 41.2. The largest absolute Gasteiger partial charge is 0.506 e. The molecule has 0 spiro atoms. The normalized spacial score (nSPS) is 13.6. The van der Waals surface area contributed by atoms with Crippen molar-refractivity contribution in [2.75, 3.05) is 39.6 Å². The summed E-state index contributed by atoms with van der Waals surface area (Å²) in [5.74, 6) is 0. The van der Waals surface area contributed by atoms with Gasteiger partial charge in [0, 0.05) is 45.7 Å². The van der Waals surface area contributed by atoms with Gasteiger partial charge >= 0.3 is 8.80 Å². The minimum Gasteiger partial charge on any atom is -0.374 e. The van der Waals surface area contributed by atoms with Crippen LogP contribution in [0.3, 0.4) is 0 Å². The number of hydrogen-bond donors (Lipinski definition) is 0. The molecule has 0 aromatic heterocycles. The van der Waals surface area contributed by atoms with E-state index in [-0.39, 0.29) is 18.7 Å². The molecular weight excluding hydrogens is 380 g/mol. The molecule has 0 saturated carbocycles. The fourth-order valence-corrected chi connectivity index (χ4v) is 5.79. The van der Waals surface area contributed by atoms with Gasteiger partial charge in [-0.25, -0.2) is 0 Å². The fraction of sp³-hybridized carbons (Fsp3) is 1.00. The van der Waals surface area contributed by atoms with E-state index in [2.05, 4.69) is 6.92 Å². The van der Waals surface area contributed by atoms with Gasteiger partial charge in [-0.1, -0.05) is 0 Å². The van der Waals surface area contributed by atoms with Crippen LogP contribution in [0.15, 0.2) is 0 Å². The second-order valence-corrected chi connectivity index (χ2v) is 8.88. The lowest BCUT2D eigenvalue weighted by Gasteiger charge is -2.34. The zero-order valence-electron chi connectivity index (χ0n) is 19.2. The molecule has 0 N–H and O–H groups in total. The Bertz CT molecular complexity index is 329. The number of rotatable bonds is 20. The van der Waals surface area contributed by atoms with E-state index in [1.165, 1.54) is 0 Å². The Labute approximate surface area is 173 Å². The van der Waals surface area contributed by atoms with Crippen molar-refractivity contribution in [2.45, 2.75) is 92.5 Å². The second kappa shape index (κ2) is 17.8. The summed E-state index contributed by atoms with van der Waals surface area (Å²) in [7, 11) is -2.92. The van der Waals surface area contributed by atoms with Gasteiger partial charge in [0.2, 0.25) is 0 Å². The third-order valence-electron chi connectivity index (χ3n) is 3.99. The number of hydrogen-bond acceptors (Lipinski definition) is 7. The first-order valence-corrected chi connectivity index (χ1v) is 12.9. The summed E-state index contributed by atoms with van der Waals surface area (Å²) in [6.45, 7) is 17.3. The van der Waals surface area contributed by atoms with Crippen LogP contribution in [-0.2, 0) is 32.2 Å². The molecule has 0 aromatic rings. The standard InChI is InChI=1S/C20H44O7Si/c1-8-21-19(22-9-2)16-14-15-18(7)27-28(25-12-5,26-13-6)17-20(23-10-3)24-11-4/h18-20H,8-17H2,1-7H3. The van der Waals surface area contributed by atoms with Crippen molar-refractivity contribution in [3.63, 3.8) is 0 Å². The highest BCUT2D eigenvalue weighted by Crippen LogP contribution is 2.24. The van der Waals surface area contributed by atoms with Crippen molar-refractivity contribution < 1.29 is 32.2 Å². The topological polar surface area (TPSA) is 64.6 Å². The van der Waals surface area contributed by atoms with Crippen LogP contribution < -0.4 is 0 Å². The minimum atomic E-state index is -2.92. The number of ether oxygens (including phenoxy) is 4. The van der Waals surface area contributed by atoms with Gasteiger partial charge in [-0.15, -0.1) is 0 Å². The van der Waals surface area contributed by atoms with E-state index in [1.54, 1.807) is 0 Å². The molecule has 1 atom stereocenters. The van der Waals surface area contributed by atoms with Gasteiger partial charge in [-0.3, -0.25) is 0 Å². The molecule has 0 aliphatic carbocycles. The van der Waals surface area contributed by atoms with Gasteiger partial charge in [-0.05, 0) is 67.7 Å². The summed E-state index contributed by atoms with van der Waals surface area (Å²) >= 11 is 0. The quantitative estimate of drug-likeness (QED) is 0.212. The fourth-order valence-electron chi connectivity index (χ4n) is 2.98. The lowest BCUT2D eigenvalue weighted by atomic mass is 10.2. The van der Waals surface area contributed by atoms with E-state index < -0.39 is 8.80 Å². The highest BCUT2D eigenvalue weighted by Gasteiger charge is 2.45. The molecule has 0 bridgehead atoms. The summed E-state index contributed by atoms with van der Waals surface area (Å²) in [6, 6.07) is 0.487. The molecule has 0 aliphatic rings. The summed E-state index contributed by atoms with van der Waals surface area (Å²) in [5.41, 5.74) is 0. The van der Waals surface area contributed by atoms with Crippen molar-refractivity contribution in [3.8, 4) is 0 Å². The Morgan fingerprint density at radius 1 is 0.607 bits per heavy atom. The first-order valence-electron chi connectivity index (χ1n) is 10.9. The summed E-state index contributed by atoms with van der Waals surface area (Å²) in [4.78, 5) is 0. The highest BCUT2D eigenvalue weighted by molar-refractivity contribution is 6.60. The van der Waals surface area contributed by atoms with Crippen molar-refractivity contribution in [2.24, 2.45) is 0 Å². The molecular formula is C20H44O7Si. The predicted molar refractivity (Wildman–Crippen MR) is 112 cm³/mol. The third-order valence-corrected chi connectivity index (χ3v) is 7.04. The van der Waals surface area contributed by atoms with Crippen molar-refractivity contribution in [1.29, 1.82) is 0 Å². The van der Waals surface area contributed by atoms with E-state index in [9.17, 15) is 0 Å². The van der Waals surface area contributed by atoms with Crippen LogP contribution in [0.2, 0.25) is 6.04 Å². The lowest BCUT2D eigenvalue weighted by molar-refractivity contribution is -0.141. The molecule has 0 aromatic carbocycles. The Hall–Kier alpha value is -0.0631. The molecule has 0 saturated heterocycles. The molecule has 1 unspecified atom stereocenters. The third kappa shape index (κ3) is 12.5. The lowest BCUT2D eigenvalue weighted by Crippen LogP contribution is -2.51. The van der Waals surface area contributed by atoms with Crippen LogP contribution >= 0.6 is 0 Å². The summed E-state index contributed by atoms with van der Waals surface area (Å²) in [5, 5.41) is 0. The molecule has 0 heterocycles. The molecule has 7 nitrogen and oxygen atoms in total. The monoisotopic (exact) mass is 424 g/mol. The second-order valence-electron chi connectivity index (χ2n) is 6.29. The molecule has 0 rings (SSSR count). The Kier molecular flexibility index (Phi) is 17.7. The van der Waals surface area contributed by atoms with Gasteiger partial charge in [0.1, 0.15) is 0 Å². The van der Waals surface area contributed by atoms with Crippen LogP contribution in [0, 0.1) is 0 Å². The molecule has 0 aliphatic heterocycles. The summed E-state index contributed by atoms with van der Waals surface area (Å²) in [6.07, 6.45) is 2.12. The zero-order valence-corrected chi connectivity index (χ0v) is 20.2. The van der Waals surface area contributed by atoms with Crippen molar-refractivity contribution >= 4 is 8.80 Å². The predicted octanol–water partition coefficient (Wildman–Crippen LogP) is 4.37. The maximum atomic E-state index is 6.40. The van der Waals surface area contributed by atoms with E-state index in [0.29, 0.717) is 45.7 Å². The van der Waals surface area contributed by atoms with E-state index in [4.69, 9.17) is 32.2 Å². The van der Waals surface area contributed by atoms with Crippen LogP contribution in [0.5, 0.6) is 0 Å². The van der Waals surface area contributed by atoms with Crippen LogP contribution in [-0.4, -0.2) is 67.1 Å². The average molecular weight is 425 g/mol. The molecule has 28 heavy (non-hydrogen) atoms. The van der Waals surface area contributed by atoms with E-state index in [0.717, 1.165) is 19.3 Å². The molecule has 0 amide bonds. The first kappa shape index (κ1) is 27.9. The zero-order chi connectivity index (χ0) is 21.3. The minimum absolute atomic E-state index is 0.00225. The van der Waals surface area contributed by atoms with Gasteiger partial charge in [-0.2, -0.15) is 0 Å². The van der Waals surface area contributed by atoms with Crippen molar-refractivity contribution in [3.05, 3.63) is 0 Å². The van der Waals surface area contributed by atoms with Gasteiger partial charge in [0.25, 0.3) is 0 Å². The van der Waals surface area contributed by atoms with E-state index in [1.807, 2.05) is 41.5 Å². The van der Waals surface area contributed by atoms with E-state index >= 15 is 0 Å². The molecule has 0 fully saturated rings. The average Bonchev–Trinajstić information content (AvgIpc) is 2.63.